The predicted octanol–water partition coefficient (Wildman–Crippen LogP) is 4.29. The number of benzene rings is 1. The molecule has 4 atom stereocenters. The standard InChI is InChI=1S/C17H18Cl2O3/c1-10-2-4-11(5-3-10)17-21-15(9-20)16(22-17)13-7-6-12(18)8-14(13)19/h2,4-8,10,15-17,20H,3,9H2,1H3. The molecule has 3 nitrogen and oxygen atoms in total. The van der Waals surface area contributed by atoms with Gasteiger partial charge in [0.1, 0.15) is 12.2 Å². The molecule has 0 bridgehead atoms. The van der Waals surface area contributed by atoms with Gasteiger partial charge in [0.25, 0.3) is 0 Å². The fraction of sp³-hybridized carbons (Fsp3) is 0.412. The molecule has 1 fully saturated rings. The molecule has 5 heteroatoms. The Morgan fingerprint density at radius 3 is 2.73 bits per heavy atom. The smallest absolute Gasteiger partial charge is 0.184 e. The summed E-state index contributed by atoms with van der Waals surface area (Å²) in [6.07, 6.45) is 5.92. The van der Waals surface area contributed by atoms with Crippen LogP contribution in [0.2, 0.25) is 10.0 Å². The van der Waals surface area contributed by atoms with Crippen molar-refractivity contribution in [3.63, 3.8) is 0 Å². The summed E-state index contributed by atoms with van der Waals surface area (Å²) >= 11 is 12.2. The van der Waals surface area contributed by atoms with E-state index in [1.54, 1.807) is 12.1 Å². The van der Waals surface area contributed by atoms with Gasteiger partial charge in [-0.15, -0.1) is 0 Å². The average Bonchev–Trinajstić information content (AvgIpc) is 2.92. The third kappa shape index (κ3) is 3.24. The van der Waals surface area contributed by atoms with E-state index in [9.17, 15) is 5.11 Å². The number of allylic oxidation sites excluding steroid dienone is 2. The molecule has 4 unspecified atom stereocenters. The van der Waals surface area contributed by atoms with Crippen molar-refractivity contribution in [1.82, 2.24) is 0 Å². The van der Waals surface area contributed by atoms with Crippen LogP contribution < -0.4 is 0 Å². The van der Waals surface area contributed by atoms with E-state index >= 15 is 0 Å². The minimum absolute atomic E-state index is 0.131. The molecule has 1 heterocycles. The molecule has 1 aliphatic heterocycles. The van der Waals surface area contributed by atoms with Gasteiger partial charge in [-0.2, -0.15) is 0 Å². The Bertz CT molecular complexity index is 612. The van der Waals surface area contributed by atoms with Crippen molar-refractivity contribution in [2.45, 2.75) is 31.8 Å². The lowest BCUT2D eigenvalue weighted by Gasteiger charge is -2.17. The average molecular weight is 341 g/mol. The highest BCUT2D eigenvalue weighted by molar-refractivity contribution is 6.35. The minimum atomic E-state index is -0.474. The Kier molecular flexibility index (Phi) is 4.91. The highest BCUT2D eigenvalue weighted by Crippen LogP contribution is 2.39. The van der Waals surface area contributed by atoms with Crippen LogP contribution in [0.3, 0.4) is 0 Å². The maximum atomic E-state index is 9.59. The molecular weight excluding hydrogens is 323 g/mol. The van der Waals surface area contributed by atoms with Crippen LogP contribution in [0.15, 0.2) is 42.0 Å². The third-order valence-corrected chi connectivity index (χ3v) is 4.53. The Hall–Kier alpha value is -0.840. The predicted molar refractivity (Wildman–Crippen MR) is 87.0 cm³/mol. The van der Waals surface area contributed by atoms with Crippen LogP contribution in [0.1, 0.15) is 25.0 Å². The van der Waals surface area contributed by atoms with E-state index in [1.807, 2.05) is 12.1 Å². The van der Waals surface area contributed by atoms with Crippen molar-refractivity contribution in [2.75, 3.05) is 6.61 Å². The highest BCUT2D eigenvalue weighted by Gasteiger charge is 2.39. The lowest BCUT2D eigenvalue weighted by Crippen LogP contribution is -2.20. The van der Waals surface area contributed by atoms with E-state index in [1.165, 1.54) is 0 Å². The first-order valence-corrected chi connectivity index (χ1v) is 8.09. The molecular formula is C17H18Cl2O3. The van der Waals surface area contributed by atoms with Gasteiger partial charge in [0.05, 0.1) is 6.61 Å². The van der Waals surface area contributed by atoms with E-state index in [2.05, 4.69) is 19.1 Å². The zero-order valence-corrected chi connectivity index (χ0v) is 13.7. The number of hydrogen-bond acceptors (Lipinski definition) is 3. The molecule has 0 saturated carbocycles. The van der Waals surface area contributed by atoms with Crippen molar-refractivity contribution >= 4 is 23.2 Å². The Morgan fingerprint density at radius 1 is 1.27 bits per heavy atom. The molecule has 1 aromatic rings. The highest BCUT2D eigenvalue weighted by atomic mass is 35.5. The van der Waals surface area contributed by atoms with Crippen molar-refractivity contribution in [1.29, 1.82) is 0 Å². The van der Waals surface area contributed by atoms with E-state index in [0.717, 1.165) is 17.6 Å². The third-order valence-electron chi connectivity index (χ3n) is 3.97. The van der Waals surface area contributed by atoms with Crippen LogP contribution in [0.5, 0.6) is 0 Å². The van der Waals surface area contributed by atoms with Gasteiger partial charge in [-0.25, -0.2) is 0 Å². The zero-order valence-electron chi connectivity index (χ0n) is 12.2. The molecule has 1 aromatic carbocycles. The Balaban J connectivity index is 1.82. The van der Waals surface area contributed by atoms with Crippen LogP contribution in [-0.4, -0.2) is 24.1 Å². The van der Waals surface area contributed by atoms with Gasteiger partial charge in [-0.1, -0.05) is 54.4 Å². The molecule has 0 aromatic heterocycles. The summed E-state index contributed by atoms with van der Waals surface area (Å²) in [5.74, 6) is 0.528. The molecule has 22 heavy (non-hydrogen) atoms. The Labute approximate surface area is 140 Å². The summed E-state index contributed by atoms with van der Waals surface area (Å²) in [4.78, 5) is 0. The second kappa shape index (κ2) is 6.73. The first-order valence-electron chi connectivity index (χ1n) is 7.33. The fourth-order valence-electron chi connectivity index (χ4n) is 2.70. The molecule has 118 valence electrons. The van der Waals surface area contributed by atoms with E-state index in [-0.39, 0.29) is 6.61 Å². The van der Waals surface area contributed by atoms with Crippen molar-refractivity contribution in [3.05, 3.63) is 57.6 Å². The number of rotatable bonds is 3. The maximum absolute atomic E-state index is 9.59. The van der Waals surface area contributed by atoms with Gasteiger partial charge < -0.3 is 14.6 Å². The van der Waals surface area contributed by atoms with Gasteiger partial charge in [0.15, 0.2) is 6.29 Å². The summed E-state index contributed by atoms with van der Waals surface area (Å²) in [6.45, 7) is 2.03. The normalized spacial score (nSPS) is 31.4. The fourth-order valence-corrected chi connectivity index (χ4v) is 3.22. The Morgan fingerprint density at radius 2 is 2.09 bits per heavy atom. The lowest BCUT2D eigenvalue weighted by atomic mass is 9.98. The van der Waals surface area contributed by atoms with Gasteiger partial charge in [-0.05, 0) is 24.5 Å². The monoisotopic (exact) mass is 340 g/mol. The minimum Gasteiger partial charge on any atom is -0.394 e. The van der Waals surface area contributed by atoms with Gasteiger partial charge in [0, 0.05) is 21.2 Å². The summed E-state index contributed by atoms with van der Waals surface area (Å²) < 4.78 is 11.9. The number of aliphatic hydroxyl groups excluding tert-OH is 1. The van der Waals surface area contributed by atoms with Crippen LogP contribution >= 0.6 is 23.2 Å². The maximum Gasteiger partial charge on any atom is 0.184 e. The summed E-state index contributed by atoms with van der Waals surface area (Å²) in [6, 6.07) is 5.25. The lowest BCUT2D eigenvalue weighted by molar-refractivity contribution is -0.0413. The van der Waals surface area contributed by atoms with E-state index in [0.29, 0.717) is 16.0 Å². The van der Waals surface area contributed by atoms with Gasteiger partial charge in [0.2, 0.25) is 0 Å². The molecule has 0 amide bonds. The SMILES string of the molecule is CC1C=CC(C2OC(CO)C(c3ccc(Cl)cc3Cl)O2)=CC1. The number of hydrogen-bond donors (Lipinski definition) is 1. The second-order valence-electron chi connectivity index (χ2n) is 5.69. The summed E-state index contributed by atoms with van der Waals surface area (Å²) in [5, 5.41) is 10.7. The molecule has 1 N–H and O–H groups in total. The molecule has 2 aliphatic rings. The first-order chi connectivity index (χ1) is 10.6. The molecule has 1 aliphatic carbocycles. The van der Waals surface area contributed by atoms with E-state index < -0.39 is 18.5 Å². The van der Waals surface area contributed by atoms with Crippen molar-refractivity contribution < 1.29 is 14.6 Å². The van der Waals surface area contributed by atoms with Crippen LogP contribution in [0.25, 0.3) is 0 Å². The molecule has 3 rings (SSSR count). The zero-order chi connectivity index (χ0) is 15.7. The largest absolute Gasteiger partial charge is 0.394 e. The second-order valence-corrected chi connectivity index (χ2v) is 6.53. The number of halogens is 2. The topological polar surface area (TPSA) is 38.7 Å². The van der Waals surface area contributed by atoms with E-state index in [4.69, 9.17) is 32.7 Å². The number of ether oxygens (including phenoxy) is 2. The molecule has 1 saturated heterocycles. The summed E-state index contributed by atoms with van der Waals surface area (Å²) in [5.41, 5.74) is 1.77. The van der Waals surface area contributed by atoms with Gasteiger partial charge in [-0.3, -0.25) is 0 Å². The van der Waals surface area contributed by atoms with Crippen LogP contribution in [0, 0.1) is 5.92 Å². The van der Waals surface area contributed by atoms with Gasteiger partial charge >= 0.3 is 0 Å². The summed E-state index contributed by atoms with van der Waals surface area (Å²) in [7, 11) is 0. The quantitative estimate of drug-likeness (QED) is 0.891. The van der Waals surface area contributed by atoms with Crippen LogP contribution in [-0.2, 0) is 9.47 Å². The van der Waals surface area contributed by atoms with Crippen molar-refractivity contribution in [2.24, 2.45) is 5.92 Å². The van der Waals surface area contributed by atoms with Crippen molar-refractivity contribution in [3.8, 4) is 0 Å². The molecule has 0 radical (unpaired) electrons. The number of aliphatic hydroxyl groups is 1. The first kappa shape index (κ1) is 16.0. The molecule has 0 spiro atoms. The van der Waals surface area contributed by atoms with Crippen LogP contribution in [0.4, 0.5) is 0 Å².